The molecule has 0 amide bonds. The van der Waals surface area contributed by atoms with Crippen LogP contribution in [0.2, 0.25) is 0 Å². The van der Waals surface area contributed by atoms with Crippen LogP contribution >= 0.6 is 0 Å². The topological polar surface area (TPSA) is 12.0 Å². The normalized spacial score (nSPS) is 37.2. The SMILES string of the molecule is CC1CC2C=CC=C(CNC3CCCC3)C2C1. The highest BCUT2D eigenvalue weighted by molar-refractivity contribution is 5.26. The third kappa shape index (κ3) is 2.49. The second-order valence-electron chi connectivity index (χ2n) is 6.34. The summed E-state index contributed by atoms with van der Waals surface area (Å²) in [6, 6.07) is 0.805. The quantitative estimate of drug-likeness (QED) is 0.781. The molecule has 3 aliphatic rings. The van der Waals surface area contributed by atoms with E-state index in [1.807, 2.05) is 0 Å². The van der Waals surface area contributed by atoms with E-state index < -0.39 is 0 Å². The lowest BCUT2D eigenvalue weighted by molar-refractivity contribution is 0.474. The zero-order chi connectivity index (χ0) is 11.7. The van der Waals surface area contributed by atoms with E-state index in [0.29, 0.717) is 0 Å². The Bertz CT molecular complexity index is 322. The fourth-order valence-corrected chi connectivity index (χ4v) is 4.00. The molecule has 0 bridgehead atoms. The van der Waals surface area contributed by atoms with E-state index in [1.165, 1.54) is 38.5 Å². The van der Waals surface area contributed by atoms with Gasteiger partial charge in [-0.2, -0.15) is 0 Å². The van der Waals surface area contributed by atoms with Crippen molar-refractivity contribution in [2.75, 3.05) is 6.54 Å². The third-order valence-corrected chi connectivity index (χ3v) is 4.94. The Balaban J connectivity index is 1.58. The maximum atomic E-state index is 3.78. The molecule has 0 radical (unpaired) electrons. The first-order valence-corrected chi connectivity index (χ1v) is 7.43. The van der Waals surface area contributed by atoms with Crippen LogP contribution in [0.15, 0.2) is 23.8 Å². The monoisotopic (exact) mass is 231 g/mol. The van der Waals surface area contributed by atoms with Gasteiger partial charge in [0.1, 0.15) is 0 Å². The Kier molecular flexibility index (Phi) is 3.37. The van der Waals surface area contributed by atoms with Crippen molar-refractivity contribution in [3.63, 3.8) is 0 Å². The van der Waals surface area contributed by atoms with E-state index in [4.69, 9.17) is 0 Å². The highest BCUT2D eigenvalue weighted by Gasteiger charge is 2.33. The average Bonchev–Trinajstić information content (AvgIpc) is 2.93. The molecule has 0 saturated heterocycles. The predicted octanol–water partition coefficient (Wildman–Crippen LogP) is 3.68. The lowest BCUT2D eigenvalue weighted by atomic mass is 9.84. The molecule has 0 heterocycles. The van der Waals surface area contributed by atoms with Crippen LogP contribution in [0, 0.1) is 17.8 Å². The standard InChI is InChI=1S/C16H25N/c1-12-9-13-5-4-6-14(16(13)10-12)11-17-15-7-2-3-8-15/h4-6,12-13,15-17H,2-3,7-11H2,1H3. The molecule has 0 aromatic carbocycles. The van der Waals surface area contributed by atoms with Crippen LogP contribution in [-0.4, -0.2) is 12.6 Å². The van der Waals surface area contributed by atoms with E-state index in [-0.39, 0.29) is 0 Å². The summed E-state index contributed by atoms with van der Waals surface area (Å²) in [6.07, 6.45) is 15.6. The Morgan fingerprint density at radius 3 is 2.88 bits per heavy atom. The predicted molar refractivity (Wildman–Crippen MR) is 72.9 cm³/mol. The van der Waals surface area contributed by atoms with Crippen LogP contribution in [0.25, 0.3) is 0 Å². The molecule has 1 heteroatoms. The smallest absolute Gasteiger partial charge is 0.0173 e. The highest BCUT2D eigenvalue weighted by atomic mass is 14.9. The van der Waals surface area contributed by atoms with Crippen LogP contribution in [-0.2, 0) is 0 Å². The second kappa shape index (κ2) is 4.97. The van der Waals surface area contributed by atoms with Crippen molar-refractivity contribution in [1.82, 2.24) is 5.32 Å². The highest BCUT2D eigenvalue weighted by Crippen LogP contribution is 2.42. The summed E-state index contributed by atoms with van der Waals surface area (Å²) in [5.74, 6) is 2.61. The Morgan fingerprint density at radius 2 is 2.06 bits per heavy atom. The summed E-state index contributed by atoms with van der Waals surface area (Å²) in [5, 5.41) is 3.78. The summed E-state index contributed by atoms with van der Waals surface area (Å²) < 4.78 is 0. The van der Waals surface area contributed by atoms with Crippen LogP contribution in [0.4, 0.5) is 0 Å². The summed E-state index contributed by atoms with van der Waals surface area (Å²) >= 11 is 0. The molecule has 0 aromatic rings. The molecule has 3 aliphatic carbocycles. The third-order valence-electron chi connectivity index (χ3n) is 4.94. The van der Waals surface area contributed by atoms with Gasteiger partial charge in [-0.3, -0.25) is 0 Å². The van der Waals surface area contributed by atoms with E-state index in [9.17, 15) is 0 Å². The molecule has 1 nitrogen and oxygen atoms in total. The van der Waals surface area contributed by atoms with E-state index in [2.05, 4.69) is 30.5 Å². The van der Waals surface area contributed by atoms with Crippen LogP contribution in [0.1, 0.15) is 45.4 Å². The van der Waals surface area contributed by atoms with E-state index >= 15 is 0 Å². The molecule has 1 N–H and O–H groups in total. The molecule has 2 saturated carbocycles. The summed E-state index contributed by atoms with van der Waals surface area (Å²) in [7, 11) is 0. The zero-order valence-corrected chi connectivity index (χ0v) is 11.0. The molecule has 94 valence electrons. The van der Waals surface area contributed by atoms with Crippen molar-refractivity contribution in [2.45, 2.75) is 51.5 Å². The Hall–Kier alpha value is -0.560. The average molecular weight is 231 g/mol. The van der Waals surface area contributed by atoms with Crippen molar-refractivity contribution in [2.24, 2.45) is 17.8 Å². The van der Waals surface area contributed by atoms with Gasteiger partial charge >= 0.3 is 0 Å². The van der Waals surface area contributed by atoms with Crippen molar-refractivity contribution in [3.05, 3.63) is 23.8 Å². The number of rotatable bonds is 3. The van der Waals surface area contributed by atoms with Gasteiger partial charge in [-0.15, -0.1) is 0 Å². The van der Waals surface area contributed by atoms with Crippen molar-refractivity contribution in [3.8, 4) is 0 Å². The molecule has 0 spiro atoms. The molecular formula is C16H25N. The minimum absolute atomic E-state index is 0.805. The zero-order valence-electron chi connectivity index (χ0n) is 11.0. The molecule has 17 heavy (non-hydrogen) atoms. The fourth-order valence-electron chi connectivity index (χ4n) is 4.00. The number of hydrogen-bond donors (Lipinski definition) is 1. The van der Waals surface area contributed by atoms with Gasteiger partial charge in [0, 0.05) is 12.6 Å². The maximum Gasteiger partial charge on any atom is 0.0173 e. The first-order valence-electron chi connectivity index (χ1n) is 7.43. The summed E-state index contributed by atoms with van der Waals surface area (Å²) in [4.78, 5) is 0. The largest absolute Gasteiger partial charge is 0.310 e. The minimum Gasteiger partial charge on any atom is -0.310 e. The summed E-state index contributed by atoms with van der Waals surface area (Å²) in [6.45, 7) is 3.55. The summed E-state index contributed by atoms with van der Waals surface area (Å²) in [5.41, 5.74) is 1.67. The first kappa shape index (κ1) is 11.5. The van der Waals surface area contributed by atoms with E-state index in [0.717, 1.165) is 30.3 Å². The Morgan fingerprint density at radius 1 is 1.24 bits per heavy atom. The van der Waals surface area contributed by atoms with Gasteiger partial charge in [0.25, 0.3) is 0 Å². The minimum atomic E-state index is 0.805. The second-order valence-corrected chi connectivity index (χ2v) is 6.34. The number of hydrogen-bond acceptors (Lipinski definition) is 1. The van der Waals surface area contributed by atoms with Crippen LogP contribution < -0.4 is 5.32 Å². The van der Waals surface area contributed by atoms with Gasteiger partial charge in [0.15, 0.2) is 0 Å². The first-order chi connectivity index (χ1) is 8.33. The van der Waals surface area contributed by atoms with Gasteiger partial charge in [-0.25, -0.2) is 0 Å². The van der Waals surface area contributed by atoms with Crippen molar-refractivity contribution >= 4 is 0 Å². The molecular weight excluding hydrogens is 206 g/mol. The molecule has 2 fully saturated rings. The van der Waals surface area contributed by atoms with Crippen molar-refractivity contribution < 1.29 is 0 Å². The van der Waals surface area contributed by atoms with Gasteiger partial charge < -0.3 is 5.32 Å². The van der Waals surface area contributed by atoms with Gasteiger partial charge in [-0.05, 0) is 43.4 Å². The fraction of sp³-hybridized carbons (Fsp3) is 0.750. The molecule has 3 rings (SSSR count). The number of nitrogens with one attached hydrogen (secondary N) is 1. The van der Waals surface area contributed by atoms with Crippen LogP contribution in [0.5, 0.6) is 0 Å². The van der Waals surface area contributed by atoms with Gasteiger partial charge in [0.05, 0.1) is 0 Å². The Labute approximate surface area is 105 Å². The molecule has 3 unspecified atom stereocenters. The number of fused-ring (bicyclic) bond motifs is 1. The lowest BCUT2D eigenvalue weighted by Crippen LogP contribution is -2.30. The molecule has 0 aromatic heterocycles. The van der Waals surface area contributed by atoms with Gasteiger partial charge in [0.2, 0.25) is 0 Å². The van der Waals surface area contributed by atoms with Gasteiger partial charge in [-0.1, -0.05) is 43.6 Å². The number of allylic oxidation sites excluding steroid dienone is 3. The molecule has 3 atom stereocenters. The maximum absolute atomic E-state index is 3.78. The van der Waals surface area contributed by atoms with Crippen molar-refractivity contribution in [1.29, 1.82) is 0 Å². The molecule has 0 aliphatic heterocycles. The van der Waals surface area contributed by atoms with Crippen LogP contribution in [0.3, 0.4) is 0 Å². The van der Waals surface area contributed by atoms with E-state index in [1.54, 1.807) is 5.57 Å². The lowest BCUT2D eigenvalue weighted by Gasteiger charge is -2.25.